The summed E-state index contributed by atoms with van der Waals surface area (Å²) in [5.74, 6) is 0.752. The number of hydrogen-bond donors (Lipinski definition) is 1. The second kappa shape index (κ2) is 5.96. The van der Waals surface area contributed by atoms with Gasteiger partial charge in [0, 0.05) is 10.7 Å². The predicted molar refractivity (Wildman–Crippen MR) is 80.1 cm³/mol. The van der Waals surface area contributed by atoms with Gasteiger partial charge >= 0.3 is 0 Å². The van der Waals surface area contributed by atoms with Gasteiger partial charge in [-0.05, 0) is 52.3 Å². The Morgan fingerprint density at radius 3 is 2.68 bits per heavy atom. The second-order valence-corrected chi connectivity index (χ2v) is 5.07. The predicted octanol–water partition coefficient (Wildman–Crippen LogP) is 4.73. The zero-order chi connectivity index (χ0) is 13.8. The fraction of sp³-hybridized carbons (Fsp3) is 0.0714. The molecule has 3 nitrogen and oxygen atoms in total. The Kier molecular flexibility index (Phi) is 4.31. The molecule has 0 aliphatic heterocycles. The molecule has 96 valence electrons. The van der Waals surface area contributed by atoms with Gasteiger partial charge in [0.15, 0.2) is 0 Å². The van der Waals surface area contributed by atoms with Crippen LogP contribution in [0.3, 0.4) is 0 Å². The lowest BCUT2D eigenvalue weighted by Gasteiger charge is -2.10. The summed E-state index contributed by atoms with van der Waals surface area (Å²) in [6.45, 7) is 0. The van der Waals surface area contributed by atoms with Crippen LogP contribution in [0.1, 0.15) is 5.56 Å². The molecule has 0 saturated heterocycles. The van der Waals surface area contributed by atoms with Crippen LogP contribution < -0.4 is 10.1 Å². The highest BCUT2D eigenvalue weighted by Gasteiger charge is 2.05. The molecular formula is C14H10BrClN2O. The van der Waals surface area contributed by atoms with Gasteiger partial charge in [-0.2, -0.15) is 5.26 Å². The minimum absolute atomic E-state index is 0.499. The lowest BCUT2D eigenvalue weighted by atomic mass is 10.2. The van der Waals surface area contributed by atoms with E-state index in [0.29, 0.717) is 16.3 Å². The van der Waals surface area contributed by atoms with Crippen molar-refractivity contribution in [3.05, 3.63) is 51.5 Å². The molecule has 0 spiro atoms. The van der Waals surface area contributed by atoms with Crippen molar-refractivity contribution in [3.63, 3.8) is 0 Å². The molecule has 0 aliphatic rings. The molecule has 0 atom stereocenters. The molecule has 1 N–H and O–H groups in total. The third-order valence-corrected chi connectivity index (χ3v) is 3.39. The molecule has 2 aromatic rings. The highest BCUT2D eigenvalue weighted by molar-refractivity contribution is 9.10. The highest BCUT2D eigenvalue weighted by Crippen LogP contribution is 2.30. The molecule has 2 aromatic carbocycles. The van der Waals surface area contributed by atoms with E-state index in [-0.39, 0.29) is 0 Å². The molecule has 0 aliphatic carbocycles. The van der Waals surface area contributed by atoms with Crippen molar-refractivity contribution >= 4 is 38.9 Å². The Morgan fingerprint density at radius 1 is 1.26 bits per heavy atom. The Bertz CT molecular complexity index is 652. The summed E-state index contributed by atoms with van der Waals surface area (Å²) in [7, 11) is 1.61. The molecule has 19 heavy (non-hydrogen) atoms. The molecule has 0 bridgehead atoms. The smallest absolute Gasteiger partial charge is 0.133 e. The van der Waals surface area contributed by atoms with Crippen molar-refractivity contribution in [2.24, 2.45) is 0 Å². The van der Waals surface area contributed by atoms with Gasteiger partial charge in [-0.25, -0.2) is 0 Å². The van der Waals surface area contributed by atoms with Crippen LogP contribution in [0.25, 0.3) is 0 Å². The third-order valence-electron chi connectivity index (χ3n) is 2.53. The van der Waals surface area contributed by atoms with Crippen LogP contribution in [0.15, 0.2) is 40.9 Å². The standard InChI is InChI=1S/C14H10BrClN2O/c1-19-14-5-3-11(7-12(14)15)18-13-4-2-10(16)6-9(13)8-17/h2-7,18H,1H3. The molecule has 0 amide bonds. The number of nitriles is 1. The number of benzene rings is 2. The van der Waals surface area contributed by atoms with Gasteiger partial charge in [-0.1, -0.05) is 11.6 Å². The molecule has 0 unspecified atom stereocenters. The summed E-state index contributed by atoms with van der Waals surface area (Å²) in [6.07, 6.45) is 0. The normalized spacial score (nSPS) is 9.79. The molecule has 5 heteroatoms. The van der Waals surface area contributed by atoms with E-state index in [0.717, 1.165) is 15.9 Å². The summed E-state index contributed by atoms with van der Waals surface area (Å²) in [6, 6.07) is 12.9. The van der Waals surface area contributed by atoms with Crippen molar-refractivity contribution in [1.29, 1.82) is 5.26 Å². The topological polar surface area (TPSA) is 45.0 Å². The Morgan fingerprint density at radius 2 is 2.05 bits per heavy atom. The highest BCUT2D eigenvalue weighted by atomic mass is 79.9. The van der Waals surface area contributed by atoms with E-state index in [4.69, 9.17) is 21.6 Å². The monoisotopic (exact) mass is 336 g/mol. The van der Waals surface area contributed by atoms with E-state index < -0.39 is 0 Å². The van der Waals surface area contributed by atoms with Crippen LogP contribution in [0.5, 0.6) is 5.75 Å². The molecule has 0 radical (unpaired) electrons. The molecule has 0 aromatic heterocycles. The SMILES string of the molecule is COc1ccc(Nc2ccc(Cl)cc2C#N)cc1Br. The van der Waals surface area contributed by atoms with Gasteiger partial charge < -0.3 is 10.1 Å². The van der Waals surface area contributed by atoms with Crippen LogP contribution in [0, 0.1) is 11.3 Å². The largest absolute Gasteiger partial charge is 0.496 e. The van der Waals surface area contributed by atoms with Crippen molar-refractivity contribution in [1.82, 2.24) is 0 Å². The zero-order valence-corrected chi connectivity index (χ0v) is 12.4. The van der Waals surface area contributed by atoms with E-state index in [1.807, 2.05) is 18.2 Å². The second-order valence-electron chi connectivity index (χ2n) is 3.78. The van der Waals surface area contributed by atoms with Crippen LogP contribution in [0.2, 0.25) is 5.02 Å². The van der Waals surface area contributed by atoms with Gasteiger partial charge in [0.25, 0.3) is 0 Å². The maximum absolute atomic E-state index is 9.08. The minimum atomic E-state index is 0.499. The fourth-order valence-corrected chi connectivity index (χ4v) is 2.33. The number of ether oxygens (including phenoxy) is 1. The van der Waals surface area contributed by atoms with Gasteiger partial charge in [-0.3, -0.25) is 0 Å². The maximum Gasteiger partial charge on any atom is 0.133 e. The molecule has 0 fully saturated rings. The Labute approximate surface area is 124 Å². The van der Waals surface area contributed by atoms with Gasteiger partial charge in [0.2, 0.25) is 0 Å². The number of nitrogens with one attached hydrogen (secondary N) is 1. The maximum atomic E-state index is 9.08. The van der Waals surface area contributed by atoms with Crippen molar-refractivity contribution in [2.75, 3.05) is 12.4 Å². The quantitative estimate of drug-likeness (QED) is 0.881. The van der Waals surface area contributed by atoms with E-state index in [9.17, 15) is 0 Å². The average molecular weight is 338 g/mol. The van der Waals surface area contributed by atoms with E-state index >= 15 is 0 Å². The average Bonchev–Trinajstić information content (AvgIpc) is 2.41. The van der Waals surface area contributed by atoms with Crippen molar-refractivity contribution in [2.45, 2.75) is 0 Å². The van der Waals surface area contributed by atoms with E-state index in [2.05, 4.69) is 27.3 Å². The van der Waals surface area contributed by atoms with Gasteiger partial charge in [0.1, 0.15) is 11.8 Å². The summed E-state index contributed by atoms with van der Waals surface area (Å²) in [5.41, 5.74) is 2.06. The Hall–Kier alpha value is -1.70. The van der Waals surface area contributed by atoms with Crippen molar-refractivity contribution in [3.8, 4) is 11.8 Å². The van der Waals surface area contributed by atoms with Crippen LogP contribution in [-0.4, -0.2) is 7.11 Å². The van der Waals surface area contributed by atoms with Crippen LogP contribution in [0.4, 0.5) is 11.4 Å². The zero-order valence-electron chi connectivity index (χ0n) is 10.1. The summed E-state index contributed by atoms with van der Waals surface area (Å²) < 4.78 is 6.01. The minimum Gasteiger partial charge on any atom is -0.496 e. The number of methoxy groups -OCH3 is 1. The first-order chi connectivity index (χ1) is 9.13. The first-order valence-corrected chi connectivity index (χ1v) is 6.61. The molecular weight excluding hydrogens is 328 g/mol. The third kappa shape index (κ3) is 3.19. The summed E-state index contributed by atoms with van der Waals surface area (Å²) >= 11 is 9.28. The summed E-state index contributed by atoms with van der Waals surface area (Å²) in [4.78, 5) is 0. The molecule has 0 saturated carbocycles. The van der Waals surface area contributed by atoms with Crippen molar-refractivity contribution < 1.29 is 4.74 Å². The number of rotatable bonds is 3. The molecule has 2 rings (SSSR count). The first kappa shape index (κ1) is 13.7. The number of hydrogen-bond acceptors (Lipinski definition) is 3. The Balaban J connectivity index is 2.31. The number of halogens is 2. The number of anilines is 2. The van der Waals surface area contributed by atoms with Crippen LogP contribution in [-0.2, 0) is 0 Å². The molecule has 0 heterocycles. The summed E-state index contributed by atoms with van der Waals surface area (Å²) in [5, 5.41) is 12.8. The van der Waals surface area contributed by atoms with E-state index in [1.165, 1.54) is 0 Å². The van der Waals surface area contributed by atoms with Gasteiger partial charge in [0.05, 0.1) is 22.8 Å². The first-order valence-electron chi connectivity index (χ1n) is 5.44. The fourth-order valence-electron chi connectivity index (χ4n) is 1.62. The van der Waals surface area contributed by atoms with E-state index in [1.54, 1.807) is 25.3 Å². The lowest BCUT2D eigenvalue weighted by molar-refractivity contribution is 0.412. The van der Waals surface area contributed by atoms with Crippen LogP contribution >= 0.6 is 27.5 Å². The number of nitrogens with zero attached hydrogens (tertiary/aromatic N) is 1. The van der Waals surface area contributed by atoms with Gasteiger partial charge in [-0.15, -0.1) is 0 Å². The lowest BCUT2D eigenvalue weighted by Crippen LogP contribution is -1.94.